The largest absolute Gasteiger partial charge is 0.349 e. The van der Waals surface area contributed by atoms with Crippen molar-refractivity contribution in [3.63, 3.8) is 0 Å². The zero-order valence-corrected chi connectivity index (χ0v) is 14.3. The Morgan fingerprint density at radius 1 is 1.33 bits per heavy atom. The van der Waals surface area contributed by atoms with Crippen molar-refractivity contribution in [1.29, 1.82) is 0 Å². The van der Waals surface area contributed by atoms with Crippen molar-refractivity contribution in [2.75, 3.05) is 25.0 Å². The second-order valence-electron chi connectivity index (χ2n) is 7.05. The molecule has 0 saturated heterocycles. The van der Waals surface area contributed by atoms with Crippen molar-refractivity contribution in [3.05, 3.63) is 23.4 Å². The molecule has 0 saturated carbocycles. The molecule has 0 spiro atoms. The highest BCUT2D eigenvalue weighted by molar-refractivity contribution is 5.44. The average Bonchev–Trinajstić information content (AvgIpc) is 2.37. The van der Waals surface area contributed by atoms with Crippen molar-refractivity contribution >= 4 is 5.82 Å². The topological polar surface area (TPSA) is 28.2 Å². The lowest BCUT2D eigenvalue weighted by molar-refractivity contribution is 0.546. The molecule has 0 bridgehead atoms. The number of aromatic nitrogens is 1. The van der Waals surface area contributed by atoms with Gasteiger partial charge in [0.15, 0.2) is 0 Å². The number of terminal acetylenes is 1. The van der Waals surface area contributed by atoms with E-state index in [9.17, 15) is 0 Å². The highest BCUT2D eigenvalue weighted by Gasteiger charge is 2.18. The molecule has 0 atom stereocenters. The third-order valence-corrected chi connectivity index (χ3v) is 3.24. The summed E-state index contributed by atoms with van der Waals surface area (Å²) in [4.78, 5) is 6.78. The third kappa shape index (κ3) is 5.77. The van der Waals surface area contributed by atoms with Gasteiger partial charge in [-0.15, -0.1) is 6.42 Å². The summed E-state index contributed by atoms with van der Waals surface area (Å²) in [5.74, 6) is 4.27. The summed E-state index contributed by atoms with van der Waals surface area (Å²) < 4.78 is 0. The molecule has 1 heterocycles. The van der Waals surface area contributed by atoms with Gasteiger partial charge in [0, 0.05) is 24.7 Å². The van der Waals surface area contributed by atoms with Gasteiger partial charge in [0.25, 0.3) is 0 Å². The molecular weight excluding hydrogens is 258 g/mol. The van der Waals surface area contributed by atoms with Gasteiger partial charge in [-0.2, -0.15) is 0 Å². The smallest absolute Gasteiger partial charge is 0.129 e. The van der Waals surface area contributed by atoms with Crippen LogP contribution in [0.5, 0.6) is 0 Å². The molecule has 3 heteroatoms. The molecule has 3 nitrogen and oxygen atoms in total. The van der Waals surface area contributed by atoms with E-state index in [0.717, 1.165) is 24.6 Å². The van der Waals surface area contributed by atoms with E-state index in [-0.39, 0.29) is 5.41 Å². The van der Waals surface area contributed by atoms with Gasteiger partial charge in [-0.05, 0) is 30.2 Å². The number of rotatable bonds is 6. The Morgan fingerprint density at radius 2 is 2.00 bits per heavy atom. The van der Waals surface area contributed by atoms with Crippen molar-refractivity contribution in [2.45, 2.75) is 46.6 Å². The predicted octanol–water partition coefficient (Wildman–Crippen LogP) is 3.19. The van der Waals surface area contributed by atoms with E-state index < -0.39 is 0 Å². The molecule has 0 aliphatic rings. The quantitative estimate of drug-likeness (QED) is 0.814. The molecule has 0 unspecified atom stereocenters. The maximum Gasteiger partial charge on any atom is 0.129 e. The summed E-state index contributed by atoms with van der Waals surface area (Å²) in [5.41, 5.74) is 2.39. The van der Waals surface area contributed by atoms with Crippen LogP contribution in [-0.4, -0.2) is 25.1 Å². The second-order valence-corrected chi connectivity index (χ2v) is 7.05. The molecule has 0 aliphatic carbocycles. The van der Waals surface area contributed by atoms with Crippen molar-refractivity contribution < 1.29 is 0 Å². The monoisotopic (exact) mass is 287 g/mol. The molecule has 0 radical (unpaired) electrons. The normalized spacial score (nSPS) is 11.5. The predicted molar refractivity (Wildman–Crippen MR) is 91.6 cm³/mol. The third-order valence-electron chi connectivity index (χ3n) is 3.24. The first-order valence-electron chi connectivity index (χ1n) is 7.60. The van der Waals surface area contributed by atoms with Gasteiger partial charge in [0.2, 0.25) is 0 Å². The molecule has 116 valence electrons. The van der Waals surface area contributed by atoms with Gasteiger partial charge < -0.3 is 10.2 Å². The van der Waals surface area contributed by atoms with Crippen LogP contribution in [0.15, 0.2) is 12.1 Å². The van der Waals surface area contributed by atoms with E-state index in [1.807, 2.05) is 11.9 Å². The summed E-state index contributed by atoms with van der Waals surface area (Å²) in [6.45, 7) is 13.4. The van der Waals surface area contributed by atoms with Gasteiger partial charge in [0.1, 0.15) is 5.82 Å². The number of nitrogens with one attached hydrogen (secondary N) is 1. The highest BCUT2D eigenvalue weighted by Crippen LogP contribution is 2.24. The zero-order chi connectivity index (χ0) is 16.0. The fourth-order valence-corrected chi connectivity index (χ4v) is 1.98. The van der Waals surface area contributed by atoms with Crippen LogP contribution in [0.4, 0.5) is 5.82 Å². The molecule has 0 aromatic carbocycles. The maximum atomic E-state index is 5.41. The number of nitrogens with zero attached hydrogens (tertiary/aromatic N) is 2. The summed E-state index contributed by atoms with van der Waals surface area (Å²) in [7, 11) is 1.99. The lowest BCUT2D eigenvalue weighted by Crippen LogP contribution is -2.24. The zero-order valence-electron chi connectivity index (χ0n) is 14.3. The Bertz CT molecular complexity index is 492. The van der Waals surface area contributed by atoms with Gasteiger partial charge in [-0.25, -0.2) is 4.98 Å². The summed E-state index contributed by atoms with van der Waals surface area (Å²) >= 11 is 0. The minimum absolute atomic E-state index is 0.0276. The molecular formula is C18H29N3. The Balaban J connectivity index is 3.01. The molecule has 1 aromatic heterocycles. The first-order valence-corrected chi connectivity index (χ1v) is 7.60. The Labute approximate surface area is 130 Å². The molecule has 1 rings (SSSR count). The SMILES string of the molecule is C#CCN(C)c1cc(CNCC(C)C)cc(C(C)(C)C)n1. The molecule has 0 aliphatic heterocycles. The minimum atomic E-state index is 0.0276. The van der Waals surface area contributed by atoms with Gasteiger partial charge in [-0.1, -0.05) is 40.5 Å². The second kappa shape index (κ2) is 7.47. The number of hydrogen-bond acceptors (Lipinski definition) is 3. The maximum absolute atomic E-state index is 5.41. The molecule has 1 aromatic rings. The van der Waals surface area contributed by atoms with Crippen LogP contribution in [0, 0.1) is 18.3 Å². The summed E-state index contributed by atoms with van der Waals surface area (Å²) in [5, 5.41) is 3.49. The first-order chi connectivity index (χ1) is 9.74. The molecule has 0 fully saturated rings. The Hall–Kier alpha value is -1.53. The van der Waals surface area contributed by atoms with Crippen LogP contribution >= 0.6 is 0 Å². The van der Waals surface area contributed by atoms with Gasteiger partial charge >= 0.3 is 0 Å². The lowest BCUT2D eigenvalue weighted by Gasteiger charge is -2.23. The van der Waals surface area contributed by atoms with Crippen LogP contribution in [-0.2, 0) is 12.0 Å². The summed E-state index contributed by atoms with van der Waals surface area (Å²) in [6.07, 6.45) is 5.41. The highest BCUT2D eigenvalue weighted by atomic mass is 15.2. The number of pyridine rings is 1. The minimum Gasteiger partial charge on any atom is -0.349 e. The fourth-order valence-electron chi connectivity index (χ4n) is 1.98. The average molecular weight is 287 g/mol. The van der Waals surface area contributed by atoms with Crippen LogP contribution in [0.3, 0.4) is 0 Å². The van der Waals surface area contributed by atoms with Crippen LogP contribution < -0.4 is 10.2 Å². The molecule has 0 amide bonds. The standard InChI is InChI=1S/C18H29N3/c1-8-9-21(7)17-11-15(13-19-12-14(2)3)10-16(20-17)18(4,5)6/h1,10-11,14,19H,9,12-13H2,2-7H3. The number of anilines is 1. The fraction of sp³-hybridized carbons (Fsp3) is 0.611. The van der Waals surface area contributed by atoms with E-state index in [1.54, 1.807) is 0 Å². The van der Waals surface area contributed by atoms with E-state index in [2.05, 4.69) is 58.0 Å². The van der Waals surface area contributed by atoms with Crippen molar-refractivity contribution in [3.8, 4) is 12.3 Å². The van der Waals surface area contributed by atoms with E-state index in [1.165, 1.54) is 5.56 Å². The summed E-state index contributed by atoms with van der Waals surface area (Å²) in [6, 6.07) is 4.32. The van der Waals surface area contributed by atoms with Crippen LogP contribution in [0.1, 0.15) is 45.9 Å². The molecule has 1 N–H and O–H groups in total. The van der Waals surface area contributed by atoms with Gasteiger partial charge in [-0.3, -0.25) is 0 Å². The Kier molecular flexibility index (Phi) is 6.23. The van der Waals surface area contributed by atoms with E-state index in [4.69, 9.17) is 11.4 Å². The van der Waals surface area contributed by atoms with E-state index in [0.29, 0.717) is 12.5 Å². The molecule has 21 heavy (non-hydrogen) atoms. The van der Waals surface area contributed by atoms with Crippen molar-refractivity contribution in [1.82, 2.24) is 10.3 Å². The van der Waals surface area contributed by atoms with Crippen LogP contribution in [0.25, 0.3) is 0 Å². The van der Waals surface area contributed by atoms with Gasteiger partial charge in [0.05, 0.1) is 6.54 Å². The Morgan fingerprint density at radius 3 is 2.52 bits per heavy atom. The lowest BCUT2D eigenvalue weighted by atomic mass is 9.90. The van der Waals surface area contributed by atoms with Crippen molar-refractivity contribution in [2.24, 2.45) is 5.92 Å². The van der Waals surface area contributed by atoms with Crippen LogP contribution in [0.2, 0.25) is 0 Å². The van der Waals surface area contributed by atoms with E-state index >= 15 is 0 Å². The first kappa shape index (κ1) is 17.5. The number of hydrogen-bond donors (Lipinski definition) is 1.